The van der Waals surface area contributed by atoms with Gasteiger partial charge >= 0.3 is 0 Å². The Morgan fingerprint density at radius 2 is 1.78 bits per heavy atom. The van der Waals surface area contributed by atoms with E-state index in [1.165, 1.54) is 0 Å². The van der Waals surface area contributed by atoms with E-state index in [9.17, 15) is 4.79 Å². The second kappa shape index (κ2) is 8.83. The van der Waals surface area contributed by atoms with Gasteiger partial charge in [0, 0.05) is 18.4 Å². The summed E-state index contributed by atoms with van der Waals surface area (Å²) < 4.78 is 11.2. The van der Waals surface area contributed by atoms with Crippen LogP contribution in [-0.2, 0) is 0 Å². The topological polar surface area (TPSA) is 61.5 Å². The van der Waals surface area contributed by atoms with Crippen LogP contribution in [0.3, 0.4) is 0 Å². The number of ether oxygens (including phenoxy) is 2. The number of hydrogen-bond acceptors (Lipinski definition) is 4. The zero-order valence-electron chi connectivity index (χ0n) is 13.5. The number of nitrogens with two attached hydrogens (primary N) is 1. The molecule has 4 nitrogen and oxygen atoms in total. The first kappa shape index (κ1) is 16.9. The molecular formula is C19H23NO3. The lowest BCUT2D eigenvalue weighted by Crippen LogP contribution is -2.07. The van der Waals surface area contributed by atoms with Crippen LogP contribution in [0.4, 0.5) is 5.69 Å². The van der Waals surface area contributed by atoms with Crippen molar-refractivity contribution in [3.63, 3.8) is 0 Å². The van der Waals surface area contributed by atoms with E-state index < -0.39 is 0 Å². The Labute approximate surface area is 137 Å². The molecule has 0 saturated carbocycles. The molecule has 0 heterocycles. The van der Waals surface area contributed by atoms with Crippen molar-refractivity contribution in [2.45, 2.75) is 26.2 Å². The Balaban J connectivity index is 1.76. The van der Waals surface area contributed by atoms with Crippen LogP contribution < -0.4 is 15.2 Å². The normalized spacial score (nSPS) is 10.3. The quantitative estimate of drug-likeness (QED) is 0.430. The molecule has 0 amide bonds. The van der Waals surface area contributed by atoms with Gasteiger partial charge in [-0.05, 0) is 36.8 Å². The lowest BCUT2D eigenvalue weighted by Gasteiger charge is -2.11. The van der Waals surface area contributed by atoms with E-state index in [2.05, 4.69) is 0 Å². The van der Waals surface area contributed by atoms with Gasteiger partial charge in [0.2, 0.25) is 0 Å². The smallest absolute Gasteiger partial charge is 0.162 e. The maximum atomic E-state index is 11.8. The first-order chi connectivity index (χ1) is 11.2. The van der Waals surface area contributed by atoms with Crippen LogP contribution in [0.5, 0.6) is 11.5 Å². The highest BCUT2D eigenvalue weighted by molar-refractivity contribution is 5.97. The van der Waals surface area contributed by atoms with Crippen molar-refractivity contribution in [2.75, 3.05) is 18.9 Å². The fraction of sp³-hybridized carbons (Fsp3) is 0.316. The van der Waals surface area contributed by atoms with Gasteiger partial charge in [-0.2, -0.15) is 0 Å². The van der Waals surface area contributed by atoms with Crippen LogP contribution >= 0.6 is 0 Å². The zero-order chi connectivity index (χ0) is 16.5. The van der Waals surface area contributed by atoms with Crippen molar-refractivity contribution in [3.8, 4) is 11.5 Å². The lowest BCUT2D eigenvalue weighted by atomic mass is 10.1. The maximum Gasteiger partial charge on any atom is 0.162 e. The van der Waals surface area contributed by atoms with Crippen LogP contribution in [0, 0.1) is 0 Å². The van der Waals surface area contributed by atoms with E-state index in [1.807, 2.05) is 37.3 Å². The average Bonchev–Trinajstić information content (AvgIpc) is 2.57. The van der Waals surface area contributed by atoms with Crippen LogP contribution in [0.25, 0.3) is 0 Å². The van der Waals surface area contributed by atoms with Crippen LogP contribution in [0.2, 0.25) is 0 Å². The molecular weight excluding hydrogens is 290 g/mol. The van der Waals surface area contributed by atoms with Gasteiger partial charge in [-0.15, -0.1) is 0 Å². The largest absolute Gasteiger partial charge is 0.493 e. The minimum absolute atomic E-state index is 0.113. The van der Waals surface area contributed by atoms with Crippen LogP contribution in [0.1, 0.15) is 36.5 Å². The number of para-hydroxylation sites is 1. The minimum Gasteiger partial charge on any atom is -0.493 e. The summed E-state index contributed by atoms with van der Waals surface area (Å²) in [4.78, 5) is 11.8. The van der Waals surface area contributed by atoms with E-state index in [0.29, 0.717) is 36.6 Å². The molecule has 0 atom stereocenters. The molecule has 0 bridgehead atoms. The third-order valence-corrected chi connectivity index (χ3v) is 3.37. The molecule has 0 aromatic heterocycles. The Hall–Kier alpha value is -2.49. The molecule has 2 aromatic carbocycles. The second-order valence-electron chi connectivity index (χ2n) is 5.29. The fourth-order valence-corrected chi connectivity index (χ4v) is 2.17. The van der Waals surface area contributed by atoms with E-state index in [0.717, 1.165) is 18.6 Å². The highest BCUT2D eigenvalue weighted by Crippen LogP contribution is 2.23. The summed E-state index contributed by atoms with van der Waals surface area (Å²) in [5.41, 5.74) is 7.09. The van der Waals surface area contributed by atoms with Crippen molar-refractivity contribution in [1.82, 2.24) is 0 Å². The zero-order valence-corrected chi connectivity index (χ0v) is 13.5. The maximum absolute atomic E-state index is 11.8. The number of hydrogen-bond donors (Lipinski definition) is 1. The number of benzene rings is 2. The molecule has 2 rings (SSSR count). The molecule has 4 heteroatoms. The van der Waals surface area contributed by atoms with Crippen molar-refractivity contribution in [2.24, 2.45) is 0 Å². The number of carbonyl (C=O) groups excluding carboxylic acids is 1. The number of Topliss-reactive ketones (excluding diaryl/α,β-unsaturated/α-hetero) is 1. The number of anilines is 1. The van der Waals surface area contributed by atoms with Crippen LogP contribution in [-0.4, -0.2) is 19.0 Å². The van der Waals surface area contributed by atoms with Gasteiger partial charge < -0.3 is 15.2 Å². The SMILES string of the molecule is CCCC(=O)c1ccc(OCCCOc2ccccc2)c(N)c1. The van der Waals surface area contributed by atoms with E-state index in [1.54, 1.807) is 18.2 Å². The van der Waals surface area contributed by atoms with E-state index >= 15 is 0 Å². The molecule has 122 valence electrons. The summed E-state index contributed by atoms with van der Waals surface area (Å²) in [7, 11) is 0. The summed E-state index contributed by atoms with van der Waals surface area (Å²) in [6, 6.07) is 14.9. The summed E-state index contributed by atoms with van der Waals surface area (Å²) in [5, 5.41) is 0. The van der Waals surface area contributed by atoms with E-state index in [4.69, 9.17) is 15.2 Å². The second-order valence-corrected chi connectivity index (χ2v) is 5.29. The predicted octanol–water partition coefficient (Wildman–Crippen LogP) is 4.10. The van der Waals surface area contributed by atoms with E-state index in [-0.39, 0.29) is 5.78 Å². The van der Waals surface area contributed by atoms with Crippen molar-refractivity contribution in [1.29, 1.82) is 0 Å². The van der Waals surface area contributed by atoms with Crippen LogP contribution in [0.15, 0.2) is 48.5 Å². The Bertz CT molecular complexity index is 626. The summed E-state index contributed by atoms with van der Waals surface area (Å²) >= 11 is 0. The summed E-state index contributed by atoms with van der Waals surface area (Å²) in [5.74, 6) is 1.57. The molecule has 0 spiro atoms. The highest BCUT2D eigenvalue weighted by atomic mass is 16.5. The molecule has 0 aliphatic rings. The molecule has 23 heavy (non-hydrogen) atoms. The molecule has 0 unspecified atom stereocenters. The van der Waals surface area contributed by atoms with Crippen molar-refractivity contribution in [3.05, 3.63) is 54.1 Å². The molecule has 0 aliphatic heterocycles. The third kappa shape index (κ3) is 5.33. The van der Waals surface area contributed by atoms with Crippen molar-refractivity contribution >= 4 is 11.5 Å². The third-order valence-electron chi connectivity index (χ3n) is 3.37. The van der Waals surface area contributed by atoms with Gasteiger partial charge in [-0.3, -0.25) is 4.79 Å². The molecule has 0 aliphatic carbocycles. The molecule has 2 N–H and O–H groups in total. The fourth-order valence-electron chi connectivity index (χ4n) is 2.17. The Morgan fingerprint density at radius 3 is 2.48 bits per heavy atom. The van der Waals surface area contributed by atoms with Gasteiger partial charge in [0.1, 0.15) is 11.5 Å². The standard InChI is InChI=1S/C19H23NO3/c1-2-7-18(21)15-10-11-19(17(20)14-15)23-13-6-12-22-16-8-4-3-5-9-16/h3-5,8-11,14H,2,6-7,12-13,20H2,1H3. The average molecular weight is 313 g/mol. The first-order valence-electron chi connectivity index (χ1n) is 7.94. The predicted molar refractivity (Wildman–Crippen MR) is 92.1 cm³/mol. The van der Waals surface area contributed by atoms with Gasteiger partial charge in [0.05, 0.1) is 18.9 Å². The first-order valence-corrected chi connectivity index (χ1v) is 7.94. The molecule has 0 radical (unpaired) electrons. The summed E-state index contributed by atoms with van der Waals surface area (Å²) in [6.45, 7) is 3.08. The van der Waals surface area contributed by atoms with Crippen molar-refractivity contribution < 1.29 is 14.3 Å². The van der Waals surface area contributed by atoms with Gasteiger partial charge in [-0.1, -0.05) is 25.1 Å². The number of rotatable bonds is 9. The summed E-state index contributed by atoms with van der Waals surface area (Å²) in [6.07, 6.45) is 2.12. The number of nitrogen functional groups attached to an aromatic ring is 1. The minimum atomic E-state index is 0.113. The number of carbonyl (C=O) groups is 1. The van der Waals surface area contributed by atoms with Gasteiger partial charge in [-0.25, -0.2) is 0 Å². The Kier molecular flexibility index (Phi) is 6.48. The van der Waals surface area contributed by atoms with Gasteiger partial charge in [0.15, 0.2) is 5.78 Å². The molecule has 0 saturated heterocycles. The molecule has 2 aromatic rings. The highest BCUT2D eigenvalue weighted by Gasteiger charge is 2.08. The van der Waals surface area contributed by atoms with Gasteiger partial charge in [0.25, 0.3) is 0 Å². The lowest BCUT2D eigenvalue weighted by molar-refractivity contribution is 0.0982. The monoisotopic (exact) mass is 313 g/mol. The molecule has 0 fully saturated rings. The Morgan fingerprint density at radius 1 is 1.04 bits per heavy atom. The number of ketones is 1.